The van der Waals surface area contributed by atoms with E-state index in [2.05, 4.69) is 0 Å². The second-order valence-electron chi connectivity index (χ2n) is 3.99. The van der Waals surface area contributed by atoms with Crippen molar-refractivity contribution in [2.75, 3.05) is 5.73 Å². The van der Waals surface area contributed by atoms with Gasteiger partial charge in [0.2, 0.25) is 5.78 Å². The molecule has 0 saturated carbocycles. The number of anilines is 1. The van der Waals surface area contributed by atoms with Crippen LogP contribution in [0, 0.1) is 20.2 Å². The number of nitro groups is 2. The molecule has 1 aromatic carbocycles. The third kappa shape index (κ3) is 2.86. The highest BCUT2D eigenvalue weighted by molar-refractivity contribution is 7.18. The number of carbonyl (C=O) groups excluding carboxylic acids is 1. The Morgan fingerprint density at radius 3 is 2.18 bits per heavy atom. The maximum atomic E-state index is 12.3. The van der Waals surface area contributed by atoms with Crippen LogP contribution in [0.15, 0.2) is 18.2 Å². The van der Waals surface area contributed by atoms with Gasteiger partial charge >= 0.3 is 5.69 Å². The number of ketones is 1. The second kappa shape index (κ2) is 5.87. The van der Waals surface area contributed by atoms with E-state index < -0.39 is 27.0 Å². The first-order valence-corrected chi connectivity index (χ1v) is 7.01. The van der Waals surface area contributed by atoms with Gasteiger partial charge in [0.05, 0.1) is 19.7 Å². The molecule has 11 heteroatoms. The van der Waals surface area contributed by atoms with E-state index in [-0.39, 0.29) is 25.5 Å². The monoisotopic (exact) mass is 361 g/mol. The average molecular weight is 362 g/mol. The Bertz CT molecular complexity index is 820. The van der Waals surface area contributed by atoms with Crippen LogP contribution in [0.4, 0.5) is 16.4 Å². The molecular weight excluding hydrogens is 357 g/mol. The summed E-state index contributed by atoms with van der Waals surface area (Å²) < 4.78 is 0. The highest BCUT2D eigenvalue weighted by Gasteiger charge is 2.25. The van der Waals surface area contributed by atoms with Crippen molar-refractivity contribution in [2.24, 2.45) is 0 Å². The maximum absolute atomic E-state index is 12.3. The zero-order valence-electron chi connectivity index (χ0n) is 10.4. The number of halogens is 2. The topological polar surface area (TPSA) is 129 Å². The van der Waals surface area contributed by atoms with Gasteiger partial charge in [0, 0.05) is 17.7 Å². The molecule has 0 aliphatic carbocycles. The van der Waals surface area contributed by atoms with Gasteiger partial charge in [-0.25, -0.2) is 0 Å². The molecule has 0 saturated heterocycles. The van der Waals surface area contributed by atoms with Gasteiger partial charge in [-0.15, -0.1) is 11.3 Å². The van der Waals surface area contributed by atoms with E-state index in [1.165, 1.54) is 0 Å². The van der Waals surface area contributed by atoms with Crippen molar-refractivity contribution in [3.05, 3.63) is 58.9 Å². The Kier molecular flexibility index (Phi) is 4.31. The number of nitrogens with zero attached hydrogens (tertiary/aromatic N) is 2. The first-order chi connectivity index (χ1) is 10.2. The van der Waals surface area contributed by atoms with Gasteiger partial charge in [-0.2, -0.15) is 0 Å². The summed E-state index contributed by atoms with van der Waals surface area (Å²) in [5, 5.41) is 21.0. The predicted octanol–water partition coefficient (Wildman–Crippen LogP) is 3.68. The molecule has 1 heterocycles. The summed E-state index contributed by atoms with van der Waals surface area (Å²) in [5.41, 5.74) is 4.41. The van der Waals surface area contributed by atoms with Crippen LogP contribution in [-0.2, 0) is 0 Å². The molecule has 0 atom stereocenters. The molecule has 0 unspecified atom stereocenters. The Morgan fingerprint density at radius 1 is 1.09 bits per heavy atom. The van der Waals surface area contributed by atoms with Crippen LogP contribution in [0.25, 0.3) is 0 Å². The molecule has 0 fully saturated rings. The number of rotatable bonds is 4. The highest BCUT2D eigenvalue weighted by atomic mass is 35.5. The van der Waals surface area contributed by atoms with E-state index in [1.54, 1.807) is 0 Å². The van der Waals surface area contributed by atoms with Crippen LogP contribution in [0.3, 0.4) is 0 Å². The Hall–Kier alpha value is -2.23. The number of thiophene rings is 1. The lowest BCUT2D eigenvalue weighted by molar-refractivity contribution is -0.384. The van der Waals surface area contributed by atoms with E-state index in [0.717, 1.165) is 18.2 Å². The molecule has 2 N–H and O–H groups in total. The van der Waals surface area contributed by atoms with Crippen molar-refractivity contribution in [2.45, 2.75) is 0 Å². The fraction of sp³-hybridized carbons (Fsp3) is 0. The lowest BCUT2D eigenvalue weighted by atomic mass is 10.1. The highest BCUT2D eigenvalue weighted by Crippen LogP contribution is 2.36. The minimum Gasteiger partial charge on any atom is -0.385 e. The van der Waals surface area contributed by atoms with Crippen molar-refractivity contribution in [3.8, 4) is 0 Å². The van der Waals surface area contributed by atoms with E-state index in [4.69, 9.17) is 28.9 Å². The molecule has 2 aromatic rings. The summed E-state index contributed by atoms with van der Waals surface area (Å²) in [7, 11) is 0. The first kappa shape index (κ1) is 16.1. The van der Waals surface area contributed by atoms with E-state index in [9.17, 15) is 25.0 Å². The number of nitrogen functional groups attached to an aromatic ring is 1. The summed E-state index contributed by atoms with van der Waals surface area (Å²) in [6.07, 6.45) is 0. The normalized spacial score (nSPS) is 10.5. The lowest BCUT2D eigenvalue weighted by Gasteiger charge is -2.02. The summed E-state index contributed by atoms with van der Waals surface area (Å²) in [4.78, 5) is 32.4. The predicted molar refractivity (Wildman–Crippen MR) is 81.9 cm³/mol. The molecule has 22 heavy (non-hydrogen) atoms. The lowest BCUT2D eigenvalue weighted by Crippen LogP contribution is -2.01. The van der Waals surface area contributed by atoms with Gasteiger partial charge < -0.3 is 5.73 Å². The average Bonchev–Trinajstić information content (AvgIpc) is 2.82. The van der Waals surface area contributed by atoms with Crippen LogP contribution in [0.1, 0.15) is 15.2 Å². The van der Waals surface area contributed by atoms with Crippen molar-refractivity contribution in [1.29, 1.82) is 0 Å². The molecule has 0 radical (unpaired) electrons. The number of benzene rings is 1. The number of nitrogens with two attached hydrogens (primary N) is 1. The van der Waals surface area contributed by atoms with E-state index in [0.29, 0.717) is 11.3 Å². The second-order valence-corrected chi connectivity index (χ2v) is 5.86. The number of hydrogen-bond acceptors (Lipinski definition) is 7. The molecular formula is C11H5Cl2N3O5S. The SMILES string of the molecule is Nc1sc(C(=O)c2cc(Cl)c(Cl)c([N+](=O)[O-])c2)cc1[N+](=O)[O-]. The minimum absolute atomic E-state index is 0.0307. The van der Waals surface area contributed by atoms with Crippen molar-refractivity contribution in [3.63, 3.8) is 0 Å². The van der Waals surface area contributed by atoms with Gasteiger partial charge in [-0.05, 0) is 6.07 Å². The van der Waals surface area contributed by atoms with Gasteiger partial charge in [0.15, 0.2) is 5.00 Å². The fourth-order valence-electron chi connectivity index (χ4n) is 1.63. The van der Waals surface area contributed by atoms with Crippen LogP contribution in [0.2, 0.25) is 10.0 Å². The molecule has 0 spiro atoms. The van der Waals surface area contributed by atoms with Gasteiger partial charge in [-0.3, -0.25) is 25.0 Å². The summed E-state index contributed by atoms with van der Waals surface area (Å²) in [6, 6.07) is 3.12. The summed E-state index contributed by atoms with van der Waals surface area (Å²) in [5.74, 6) is -0.675. The number of nitro benzene ring substituents is 1. The Morgan fingerprint density at radius 2 is 1.68 bits per heavy atom. The van der Waals surface area contributed by atoms with Crippen molar-refractivity contribution >= 4 is 56.7 Å². The minimum atomic E-state index is -0.782. The van der Waals surface area contributed by atoms with Gasteiger partial charge in [0.25, 0.3) is 5.69 Å². The molecule has 0 aliphatic heterocycles. The number of carbonyl (C=O) groups is 1. The largest absolute Gasteiger partial charge is 0.385 e. The Balaban J connectivity index is 2.52. The van der Waals surface area contributed by atoms with Gasteiger partial charge in [-0.1, -0.05) is 23.2 Å². The maximum Gasteiger partial charge on any atom is 0.303 e. The van der Waals surface area contributed by atoms with E-state index in [1.807, 2.05) is 0 Å². The zero-order chi connectivity index (χ0) is 16.6. The molecule has 0 amide bonds. The third-order valence-corrected chi connectivity index (χ3v) is 4.37. The smallest absolute Gasteiger partial charge is 0.303 e. The third-order valence-electron chi connectivity index (χ3n) is 2.63. The molecule has 114 valence electrons. The van der Waals surface area contributed by atoms with Crippen LogP contribution in [-0.4, -0.2) is 15.6 Å². The first-order valence-electron chi connectivity index (χ1n) is 5.44. The van der Waals surface area contributed by atoms with Crippen LogP contribution >= 0.6 is 34.5 Å². The molecule has 1 aromatic heterocycles. The molecule has 8 nitrogen and oxygen atoms in total. The van der Waals surface area contributed by atoms with Crippen molar-refractivity contribution in [1.82, 2.24) is 0 Å². The molecule has 2 rings (SSSR count). The zero-order valence-corrected chi connectivity index (χ0v) is 12.7. The van der Waals surface area contributed by atoms with E-state index >= 15 is 0 Å². The molecule has 0 bridgehead atoms. The summed E-state index contributed by atoms with van der Waals surface area (Å²) >= 11 is 12.2. The van der Waals surface area contributed by atoms with Crippen molar-refractivity contribution < 1.29 is 14.6 Å². The quantitative estimate of drug-likeness (QED) is 0.502. The summed E-state index contributed by atoms with van der Waals surface area (Å²) in [6.45, 7) is 0. The fourth-order valence-corrected chi connectivity index (χ4v) is 2.88. The standard InChI is InChI=1S/C11H5Cl2N3O5S/c12-5-1-4(2-6(9(5)13)15(18)19)10(17)8-3-7(16(20)21)11(14)22-8/h1-3H,14H2. The molecule has 0 aliphatic rings. The van der Waals surface area contributed by atoms with Crippen LogP contribution in [0.5, 0.6) is 0 Å². The van der Waals surface area contributed by atoms with Gasteiger partial charge in [0.1, 0.15) is 5.02 Å². The number of hydrogen-bond donors (Lipinski definition) is 1. The Labute approximate surface area is 136 Å². The van der Waals surface area contributed by atoms with Crippen LogP contribution < -0.4 is 5.73 Å².